The minimum atomic E-state index is 0. The molecule has 2 rings (SSSR count). The molecule has 0 spiro atoms. The van der Waals surface area contributed by atoms with Crippen LogP contribution in [0.1, 0.15) is 11.1 Å². The maximum Gasteiger partial charge on any atom is 0.238 e. The third-order valence-corrected chi connectivity index (χ3v) is 4.17. The lowest BCUT2D eigenvalue weighted by Gasteiger charge is -2.29. The molecule has 1 heterocycles. The van der Waals surface area contributed by atoms with Crippen molar-refractivity contribution in [3.63, 3.8) is 0 Å². The first-order valence-corrected chi connectivity index (χ1v) is 8.04. The highest BCUT2D eigenvalue weighted by Gasteiger charge is 2.13. The molecule has 2 N–H and O–H groups in total. The van der Waals surface area contributed by atoms with Gasteiger partial charge in [-0.1, -0.05) is 18.2 Å². The largest absolute Gasteiger partial charge is 0.324 e. The van der Waals surface area contributed by atoms with Gasteiger partial charge in [0.15, 0.2) is 0 Å². The van der Waals surface area contributed by atoms with E-state index >= 15 is 0 Å². The highest BCUT2D eigenvalue weighted by Crippen LogP contribution is 2.19. The second-order valence-electron chi connectivity index (χ2n) is 6.14. The average molecular weight is 377 g/mol. The molecule has 1 aromatic carbocycles. The number of aryl methyl sites for hydroxylation is 2. The quantitative estimate of drug-likeness (QED) is 0.795. The number of nitrogens with zero attached hydrogens (tertiary/aromatic N) is 2. The Bertz CT molecular complexity index is 487. The first-order valence-electron chi connectivity index (χ1n) is 8.04. The van der Waals surface area contributed by atoms with Gasteiger partial charge in [0.25, 0.3) is 0 Å². The van der Waals surface area contributed by atoms with Gasteiger partial charge in [-0.05, 0) is 32.0 Å². The number of carbonyl (C=O) groups excluding carboxylic acids is 1. The van der Waals surface area contributed by atoms with Gasteiger partial charge >= 0.3 is 0 Å². The molecule has 0 aromatic heterocycles. The number of hydrogen-bond acceptors (Lipinski definition) is 4. The van der Waals surface area contributed by atoms with Crippen LogP contribution in [0.2, 0.25) is 0 Å². The van der Waals surface area contributed by atoms with Gasteiger partial charge in [0.05, 0.1) is 6.54 Å². The van der Waals surface area contributed by atoms with Crippen LogP contribution in [0.25, 0.3) is 0 Å². The Morgan fingerprint density at radius 2 is 1.79 bits per heavy atom. The first kappa shape index (κ1) is 23.1. The SMILES string of the molecule is Cc1cccc(C)c1NC(=O)CN(C)CCN1CCNCC1.Cl.Cl. The van der Waals surface area contributed by atoms with Crippen LogP contribution in [0.4, 0.5) is 5.69 Å². The number of halogens is 2. The third kappa shape index (κ3) is 7.36. The molecule has 1 aliphatic rings. The summed E-state index contributed by atoms with van der Waals surface area (Å²) >= 11 is 0. The van der Waals surface area contributed by atoms with E-state index in [1.165, 1.54) is 0 Å². The van der Waals surface area contributed by atoms with Gasteiger partial charge < -0.3 is 10.6 Å². The van der Waals surface area contributed by atoms with Gasteiger partial charge in [0.1, 0.15) is 0 Å². The predicted molar refractivity (Wildman–Crippen MR) is 106 cm³/mol. The lowest BCUT2D eigenvalue weighted by Crippen LogP contribution is -2.46. The summed E-state index contributed by atoms with van der Waals surface area (Å²) in [5.41, 5.74) is 3.16. The summed E-state index contributed by atoms with van der Waals surface area (Å²) in [6.45, 7) is 10.8. The molecule has 1 amide bonds. The van der Waals surface area contributed by atoms with Gasteiger partial charge in [0, 0.05) is 45.0 Å². The molecule has 1 aromatic rings. The first-order chi connectivity index (χ1) is 10.6. The van der Waals surface area contributed by atoms with Crippen molar-refractivity contribution in [2.45, 2.75) is 13.8 Å². The third-order valence-electron chi connectivity index (χ3n) is 4.17. The number of benzene rings is 1. The summed E-state index contributed by atoms with van der Waals surface area (Å²) in [7, 11) is 2.01. The maximum absolute atomic E-state index is 12.2. The Hall–Kier alpha value is -0.850. The number of para-hydroxylation sites is 1. The predicted octanol–water partition coefficient (Wildman–Crippen LogP) is 1.92. The maximum atomic E-state index is 12.2. The van der Waals surface area contributed by atoms with Crippen LogP contribution < -0.4 is 10.6 Å². The standard InChI is InChI=1S/C17H28N4O.2ClH/c1-14-5-4-6-15(2)17(14)19-16(22)13-20(3)11-12-21-9-7-18-8-10-21;;/h4-6,18H,7-13H2,1-3H3,(H,19,22);2*1H. The zero-order valence-corrected chi connectivity index (χ0v) is 16.4. The van der Waals surface area contributed by atoms with E-state index in [4.69, 9.17) is 0 Å². The van der Waals surface area contributed by atoms with Crippen LogP contribution in [-0.2, 0) is 4.79 Å². The molecule has 138 valence electrons. The van der Waals surface area contributed by atoms with Gasteiger partial charge in [-0.25, -0.2) is 0 Å². The van der Waals surface area contributed by atoms with E-state index in [9.17, 15) is 4.79 Å². The fourth-order valence-electron chi connectivity index (χ4n) is 2.76. The number of amides is 1. The monoisotopic (exact) mass is 376 g/mol. The normalized spacial score (nSPS) is 14.7. The van der Waals surface area contributed by atoms with Gasteiger partial charge in [-0.2, -0.15) is 0 Å². The molecule has 5 nitrogen and oxygen atoms in total. The summed E-state index contributed by atoms with van der Waals surface area (Å²) in [6, 6.07) is 6.06. The number of carbonyl (C=O) groups is 1. The number of anilines is 1. The summed E-state index contributed by atoms with van der Waals surface area (Å²) in [5, 5.41) is 6.40. The zero-order chi connectivity index (χ0) is 15.9. The molecular weight excluding hydrogens is 347 g/mol. The lowest BCUT2D eigenvalue weighted by molar-refractivity contribution is -0.117. The molecule has 0 bridgehead atoms. The van der Waals surface area contributed by atoms with Gasteiger partial charge in [-0.15, -0.1) is 24.8 Å². The van der Waals surface area contributed by atoms with Crippen molar-refractivity contribution in [3.8, 4) is 0 Å². The summed E-state index contributed by atoms with van der Waals surface area (Å²) in [4.78, 5) is 16.7. The number of likely N-dealkylation sites (N-methyl/N-ethyl adjacent to an activating group) is 1. The molecule has 24 heavy (non-hydrogen) atoms. The van der Waals surface area contributed by atoms with Crippen molar-refractivity contribution >= 4 is 36.4 Å². The van der Waals surface area contributed by atoms with Crippen LogP contribution in [0.15, 0.2) is 18.2 Å². The smallest absolute Gasteiger partial charge is 0.238 e. The molecule has 0 atom stereocenters. The summed E-state index contributed by atoms with van der Waals surface area (Å²) in [5.74, 6) is 0.0558. The molecule has 0 radical (unpaired) electrons. The molecule has 0 aliphatic carbocycles. The topological polar surface area (TPSA) is 47.6 Å². The van der Waals surface area contributed by atoms with E-state index in [-0.39, 0.29) is 30.7 Å². The minimum absolute atomic E-state index is 0. The fraction of sp³-hybridized carbons (Fsp3) is 0.588. The van der Waals surface area contributed by atoms with E-state index in [1.807, 2.05) is 39.1 Å². The molecular formula is C17H30Cl2N4O. The Morgan fingerprint density at radius 1 is 1.21 bits per heavy atom. The van der Waals surface area contributed by atoms with Crippen molar-refractivity contribution in [2.24, 2.45) is 0 Å². The number of piperazine rings is 1. The van der Waals surface area contributed by atoms with Crippen LogP contribution in [0, 0.1) is 13.8 Å². The second-order valence-corrected chi connectivity index (χ2v) is 6.14. The Kier molecular flexibility index (Phi) is 11.2. The highest BCUT2D eigenvalue weighted by atomic mass is 35.5. The lowest BCUT2D eigenvalue weighted by atomic mass is 10.1. The Morgan fingerprint density at radius 3 is 2.38 bits per heavy atom. The van der Waals surface area contributed by atoms with Gasteiger partial charge in [-0.3, -0.25) is 14.6 Å². The van der Waals surface area contributed by atoms with Crippen molar-refractivity contribution in [2.75, 3.05) is 58.2 Å². The molecule has 7 heteroatoms. The molecule has 1 saturated heterocycles. The number of nitrogens with one attached hydrogen (secondary N) is 2. The van der Waals surface area contributed by atoms with E-state index in [1.54, 1.807) is 0 Å². The molecule has 0 saturated carbocycles. The average Bonchev–Trinajstić information content (AvgIpc) is 2.50. The Labute approximate surface area is 158 Å². The van der Waals surface area contributed by atoms with Crippen molar-refractivity contribution < 1.29 is 4.79 Å². The van der Waals surface area contributed by atoms with E-state index in [2.05, 4.69) is 20.4 Å². The van der Waals surface area contributed by atoms with Crippen LogP contribution in [0.3, 0.4) is 0 Å². The second kappa shape index (κ2) is 11.7. The molecule has 0 unspecified atom stereocenters. The summed E-state index contributed by atoms with van der Waals surface area (Å²) in [6.07, 6.45) is 0. The fourth-order valence-corrected chi connectivity index (χ4v) is 2.76. The number of rotatable bonds is 6. The molecule has 1 fully saturated rings. The summed E-state index contributed by atoms with van der Waals surface area (Å²) < 4.78 is 0. The van der Waals surface area contributed by atoms with Crippen molar-refractivity contribution in [3.05, 3.63) is 29.3 Å². The van der Waals surface area contributed by atoms with Crippen molar-refractivity contribution in [1.29, 1.82) is 0 Å². The van der Waals surface area contributed by atoms with Crippen LogP contribution >= 0.6 is 24.8 Å². The highest BCUT2D eigenvalue weighted by molar-refractivity contribution is 5.93. The minimum Gasteiger partial charge on any atom is -0.324 e. The van der Waals surface area contributed by atoms with Crippen LogP contribution in [0.5, 0.6) is 0 Å². The van der Waals surface area contributed by atoms with E-state index in [0.29, 0.717) is 6.54 Å². The Balaban J connectivity index is 0.00000264. The van der Waals surface area contributed by atoms with E-state index in [0.717, 1.165) is 56.1 Å². The zero-order valence-electron chi connectivity index (χ0n) is 14.8. The number of hydrogen-bond donors (Lipinski definition) is 2. The molecule has 1 aliphatic heterocycles. The van der Waals surface area contributed by atoms with Crippen LogP contribution in [-0.4, -0.2) is 68.6 Å². The van der Waals surface area contributed by atoms with Gasteiger partial charge in [0.2, 0.25) is 5.91 Å². The van der Waals surface area contributed by atoms with Crippen molar-refractivity contribution in [1.82, 2.24) is 15.1 Å². The van der Waals surface area contributed by atoms with E-state index < -0.39 is 0 Å².